The lowest BCUT2D eigenvalue weighted by Crippen LogP contribution is -2.30. The Morgan fingerprint density at radius 1 is 1.25 bits per heavy atom. The Balaban J connectivity index is 1.89. The average Bonchev–Trinajstić information content (AvgIpc) is 3.04. The van der Waals surface area contributed by atoms with Crippen LogP contribution in [0.4, 0.5) is 0 Å². The molecule has 0 aromatic carbocycles. The Morgan fingerprint density at radius 3 is 2.35 bits per heavy atom. The molecule has 0 bridgehead atoms. The van der Waals surface area contributed by atoms with Gasteiger partial charge in [0.2, 0.25) is 5.91 Å². The quantitative estimate of drug-likeness (QED) is 0.760. The van der Waals surface area contributed by atoms with Crippen LogP contribution in [-0.4, -0.2) is 17.0 Å². The summed E-state index contributed by atoms with van der Waals surface area (Å²) in [6, 6.07) is 0. The van der Waals surface area contributed by atoms with Crippen molar-refractivity contribution in [2.45, 2.75) is 58.8 Å². The smallest absolute Gasteiger partial charge is 0.352 e. The fourth-order valence-electron chi connectivity index (χ4n) is 3.03. The number of carbonyl (C=O) groups is 2. The van der Waals surface area contributed by atoms with Crippen LogP contribution in [0.1, 0.15) is 58.8 Å². The molecule has 20 heavy (non-hydrogen) atoms. The molecule has 2 fully saturated rings. The Labute approximate surface area is 120 Å². The van der Waals surface area contributed by atoms with Gasteiger partial charge in [0.05, 0.1) is 0 Å². The van der Waals surface area contributed by atoms with Crippen LogP contribution < -0.4 is 5.32 Å². The number of carboxylic acid groups (broad SMARTS) is 1. The molecule has 4 heteroatoms. The molecule has 2 aliphatic rings. The predicted octanol–water partition coefficient (Wildman–Crippen LogP) is 3.09. The molecule has 1 atom stereocenters. The lowest BCUT2D eigenvalue weighted by atomic mass is 9.87. The maximum Gasteiger partial charge on any atom is 0.352 e. The van der Waals surface area contributed by atoms with Crippen LogP contribution in [0.15, 0.2) is 11.8 Å². The summed E-state index contributed by atoms with van der Waals surface area (Å²) < 4.78 is 0. The number of carboxylic acids is 1. The third-order valence-corrected chi connectivity index (χ3v) is 4.70. The van der Waals surface area contributed by atoms with E-state index in [1.807, 2.05) is 13.8 Å². The van der Waals surface area contributed by atoms with E-state index in [1.54, 1.807) is 6.08 Å². The summed E-state index contributed by atoms with van der Waals surface area (Å²) in [5.41, 5.74) is 0.0835. The van der Waals surface area contributed by atoms with E-state index in [-0.39, 0.29) is 22.9 Å². The molecule has 112 valence electrons. The Kier molecular flexibility index (Phi) is 4.51. The number of allylic oxidation sites excluding steroid dienone is 1. The monoisotopic (exact) mass is 279 g/mol. The topological polar surface area (TPSA) is 66.4 Å². The van der Waals surface area contributed by atoms with E-state index in [9.17, 15) is 14.7 Å². The fraction of sp³-hybridized carbons (Fsp3) is 0.750. The average molecular weight is 279 g/mol. The first-order valence-corrected chi connectivity index (χ1v) is 7.64. The van der Waals surface area contributed by atoms with Gasteiger partial charge in [0, 0.05) is 5.92 Å². The number of nitrogens with one attached hydrogen (secondary N) is 1. The molecular formula is C16H25NO3. The Morgan fingerprint density at radius 2 is 1.85 bits per heavy atom. The number of aliphatic carboxylic acids is 1. The van der Waals surface area contributed by atoms with Gasteiger partial charge < -0.3 is 10.4 Å². The highest BCUT2D eigenvalue weighted by Crippen LogP contribution is 2.51. The normalized spacial score (nSPS) is 26.1. The summed E-state index contributed by atoms with van der Waals surface area (Å²) in [5, 5.41) is 11.8. The van der Waals surface area contributed by atoms with Crippen LogP contribution in [0.5, 0.6) is 0 Å². The zero-order chi connectivity index (χ0) is 14.8. The van der Waals surface area contributed by atoms with Gasteiger partial charge >= 0.3 is 5.97 Å². The van der Waals surface area contributed by atoms with E-state index >= 15 is 0 Å². The molecule has 0 aliphatic heterocycles. The van der Waals surface area contributed by atoms with Gasteiger partial charge in [-0.25, -0.2) is 4.79 Å². The van der Waals surface area contributed by atoms with Crippen molar-refractivity contribution in [3.63, 3.8) is 0 Å². The number of hydrogen-bond acceptors (Lipinski definition) is 2. The number of carbonyl (C=O) groups excluding carboxylic acids is 1. The van der Waals surface area contributed by atoms with Crippen LogP contribution in [0.2, 0.25) is 0 Å². The minimum atomic E-state index is -1.03. The van der Waals surface area contributed by atoms with E-state index in [4.69, 9.17) is 0 Å². The molecule has 2 saturated carbocycles. The first-order chi connectivity index (χ1) is 9.40. The standard InChI is InChI=1S/C16H25NO3/c1-16(2)10-12(16)14(18)17-13(15(19)20)9-8-11-6-4-3-5-7-11/h9,11-12H,3-8,10H2,1-2H3,(H,17,18)(H,19,20)/b13-9+. The van der Waals surface area contributed by atoms with Crippen molar-refractivity contribution < 1.29 is 14.7 Å². The Bertz CT molecular complexity index is 419. The summed E-state index contributed by atoms with van der Waals surface area (Å²) in [4.78, 5) is 23.2. The zero-order valence-electron chi connectivity index (χ0n) is 12.4. The first-order valence-electron chi connectivity index (χ1n) is 7.64. The molecule has 4 nitrogen and oxygen atoms in total. The van der Waals surface area contributed by atoms with Gasteiger partial charge in [0.15, 0.2) is 0 Å². The molecular weight excluding hydrogens is 254 g/mol. The van der Waals surface area contributed by atoms with Crippen LogP contribution in [0, 0.1) is 17.3 Å². The van der Waals surface area contributed by atoms with Crippen molar-refractivity contribution in [2.24, 2.45) is 17.3 Å². The molecule has 0 aromatic heterocycles. The molecule has 1 amide bonds. The number of hydrogen-bond donors (Lipinski definition) is 2. The molecule has 0 radical (unpaired) electrons. The molecule has 2 rings (SSSR count). The van der Waals surface area contributed by atoms with Crippen LogP contribution in [0.3, 0.4) is 0 Å². The molecule has 0 heterocycles. The second-order valence-electron chi connectivity index (χ2n) is 6.90. The van der Waals surface area contributed by atoms with E-state index in [0.29, 0.717) is 5.92 Å². The lowest BCUT2D eigenvalue weighted by Gasteiger charge is -2.20. The van der Waals surface area contributed by atoms with Crippen molar-refractivity contribution in [2.75, 3.05) is 0 Å². The molecule has 2 aliphatic carbocycles. The summed E-state index contributed by atoms with van der Waals surface area (Å²) in [7, 11) is 0. The van der Waals surface area contributed by atoms with Gasteiger partial charge in [-0.1, -0.05) is 52.0 Å². The summed E-state index contributed by atoms with van der Waals surface area (Å²) in [6.45, 7) is 4.06. The summed E-state index contributed by atoms with van der Waals surface area (Å²) in [6.07, 6.45) is 9.42. The third-order valence-electron chi connectivity index (χ3n) is 4.70. The molecule has 0 spiro atoms. The fourth-order valence-corrected chi connectivity index (χ4v) is 3.03. The van der Waals surface area contributed by atoms with Crippen molar-refractivity contribution in [1.29, 1.82) is 0 Å². The van der Waals surface area contributed by atoms with Crippen molar-refractivity contribution in [3.8, 4) is 0 Å². The number of amides is 1. The minimum absolute atomic E-state index is 0.0249. The van der Waals surface area contributed by atoms with Gasteiger partial charge in [-0.3, -0.25) is 4.79 Å². The maximum absolute atomic E-state index is 12.0. The van der Waals surface area contributed by atoms with Gasteiger partial charge in [0.1, 0.15) is 5.70 Å². The van der Waals surface area contributed by atoms with Crippen LogP contribution in [-0.2, 0) is 9.59 Å². The van der Waals surface area contributed by atoms with E-state index < -0.39 is 5.97 Å². The van der Waals surface area contributed by atoms with Crippen molar-refractivity contribution in [1.82, 2.24) is 5.32 Å². The largest absolute Gasteiger partial charge is 0.477 e. The third kappa shape index (κ3) is 3.84. The van der Waals surface area contributed by atoms with Gasteiger partial charge in [-0.2, -0.15) is 0 Å². The molecule has 1 unspecified atom stereocenters. The van der Waals surface area contributed by atoms with E-state index in [0.717, 1.165) is 12.8 Å². The second-order valence-corrected chi connectivity index (χ2v) is 6.90. The SMILES string of the molecule is CC1(C)CC1C(=O)N/C(=C/CC1CCCCC1)C(=O)O. The zero-order valence-corrected chi connectivity index (χ0v) is 12.4. The van der Waals surface area contributed by atoms with Crippen molar-refractivity contribution in [3.05, 3.63) is 11.8 Å². The maximum atomic E-state index is 12.0. The van der Waals surface area contributed by atoms with Crippen molar-refractivity contribution >= 4 is 11.9 Å². The molecule has 0 aromatic rings. The van der Waals surface area contributed by atoms with Gasteiger partial charge in [-0.05, 0) is 24.2 Å². The highest BCUT2D eigenvalue weighted by atomic mass is 16.4. The first kappa shape index (κ1) is 15.1. The second kappa shape index (κ2) is 5.98. The van der Waals surface area contributed by atoms with E-state index in [1.165, 1.54) is 32.1 Å². The summed E-state index contributed by atoms with van der Waals surface area (Å²) in [5.74, 6) is -0.646. The highest BCUT2D eigenvalue weighted by Gasteiger charge is 2.50. The van der Waals surface area contributed by atoms with E-state index in [2.05, 4.69) is 5.32 Å². The highest BCUT2D eigenvalue weighted by molar-refractivity contribution is 5.94. The molecule has 0 saturated heterocycles. The number of rotatable bonds is 5. The minimum Gasteiger partial charge on any atom is -0.477 e. The lowest BCUT2D eigenvalue weighted by molar-refractivity contribution is -0.135. The van der Waals surface area contributed by atoms with Crippen LogP contribution >= 0.6 is 0 Å². The van der Waals surface area contributed by atoms with Gasteiger partial charge in [0.25, 0.3) is 0 Å². The molecule has 2 N–H and O–H groups in total. The van der Waals surface area contributed by atoms with Crippen LogP contribution in [0.25, 0.3) is 0 Å². The predicted molar refractivity (Wildman–Crippen MR) is 76.9 cm³/mol. The van der Waals surface area contributed by atoms with Gasteiger partial charge in [-0.15, -0.1) is 0 Å². The Hall–Kier alpha value is -1.32. The summed E-state index contributed by atoms with van der Waals surface area (Å²) >= 11 is 0.